The van der Waals surface area contributed by atoms with Crippen molar-refractivity contribution in [3.8, 4) is 0 Å². The van der Waals surface area contributed by atoms with Gasteiger partial charge in [0.15, 0.2) is 0 Å². The molecule has 0 unspecified atom stereocenters. The smallest absolute Gasteiger partial charge is 0.325 e. The zero-order valence-corrected chi connectivity index (χ0v) is 12.8. The van der Waals surface area contributed by atoms with Gasteiger partial charge in [-0.15, -0.1) is 0 Å². The van der Waals surface area contributed by atoms with Gasteiger partial charge in [0.2, 0.25) is 5.91 Å². The lowest BCUT2D eigenvalue weighted by Crippen LogP contribution is -2.49. The number of hydrogen-bond donors (Lipinski definition) is 0. The molecule has 0 N–H and O–H groups in total. The summed E-state index contributed by atoms with van der Waals surface area (Å²) in [5.74, 6) is -0.126. The summed E-state index contributed by atoms with van der Waals surface area (Å²) >= 11 is 0. The first kappa shape index (κ1) is 15.3. The number of methoxy groups -OCH3 is 1. The molecule has 0 bridgehead atoms. The molecule has 0 radical (unpaired) electrons. The third-order valence-electron chi connectivity index (χ3n) is 5.03. The van der Waals surface area contributed by atoms with Gasteiger partial charge in [0, 0.05) is 11.5 Å². The SMILES string of the molecule is COC(=O)CN(C(=O)C1(C)CCCCC1)C1CCCC1. The maximum Gasteiger partial charge on any atom is 0.325 e. The van der Waals surface area contributed by atoms with Crippen LogP contribution in [0.4, 0.5) is 0 Å². The second-order valence-corrected chi connectivity index (χ2v) is 6.57. The van der Waals surface area contributed by atoms with Gasteiger partial charge >= 0.3 is 5.97 Å². The Balaban J connectivity index is 2.11. The summed E-state index contributed by atoms with van der Waals surface area (Å²) in [4.78, 5) is 26.5. The topological polar surface area (TPSA) is 46.6 Å². The number of carbonyl (C=O) groups is 2. The molecular weight excluding hydrogens is 254 g/mol. The van der Waals surface area contributed by atoms with Crippen molar-refractivity contribution in [2.75, 3.05) is 13.7 Å². The summed E-state index contributed by atoms with van der Waals surface area (Å²) in [6.45, 7) is 2.20. The van der Waals surface area contributed by atoms with Crippen molar-refractivity contribution in [3.63, 3.8) is 0 Å². The van der Waals surface area contributed by atoms with E-state index in [-0.39, 0.29) is 29.9 Å². The first-order chi connectivity index (χ1) is 9.57. The third-order valence-corrected chi connectivity index (χ3v) is 5.03. The standard InChI is InChI=1S/C16H27NO3/c1-16(10-6-3-7-11-16)15(19)17(12-14(18)20-2)13-8-4-5-9-13/h13H,3-12H2,1-2H3. The van der Waals surface area contributed by atoms with E-state index < -0.39 is 0 Å². The molecule has 0 heterocycles. The Hall–Kier alpha value is -1.06. The molecule has 2 aliphatic rings. The second-order valence-electron chi connectivity index (χ2n) is 6.57. The predicted molar refractivity (Wildman–Crippen MR) is 77.2 cm³/mol. The average Bonchev–Trinajstić information content (AvgIpc) is 2.98. The molecule has 4 heteroatoms. The summed E-state index contributed by atoms with van der Waals surface area (Å²) < 4.78 is 4.78. The van der Waals surface area contributed by atoms with Crippen LogP contribution in [-0.4, -0.2) is 36.5 Å². The minimum atomic E-state index is -0.301. The van der Waals surface area contributed by atoms with E-state index in [0.29, 0.717) is 0 Å². The minimum absolute atomic E-state index is 0.121. The largest absolute Gasteiger partial charge is 0.468 e. The number of amides is 1. The Morgan fingerprint density at radius 2 is 1.70 bits per heavy atom. The molecule has 0 atom stereocenters. The molecule has 114 valence electrons. The number of hydrogen-bond acceptors (Lipinski definition) is 3. The Labute approximate surface area is 121 Å². The lowest BCUT2D eigenvalue weighted by atomic mass is 9.74. The molecule has 4 nitrogen and oxygen atoms in total. The molecular formula is C16H27NO3. The van der Waals surface area contributed by atoms with Crippen LogP contribution >= 0.6 is 0 Å². The molecule has 0 aromatic carbocycles. The number of nitrogens with zero attached hydrogens (tertiary/aromatic N) is 1. The molecule has 2 rings (SSSR count). The second kappa shape index (κ2) is 6.59. The molecule has 0 saturated heterocycles. The van der Waals surface area contributed by atoms with E-state index in [1.165, 1.54) is 13.5 Å². The van der Waals surface area contributed by atoms with Gasteiger partial charge in [0.25, 0.3) is 0 Å². The van der Waals surface area contributed by atoms with Crippen molar-refractivity contribution in [1.29, 1.82) is 0 Å². The van der Waals surface area contributed by atoms with E-state index in [9.17, 15) is 9.59 Å². The summed E-state index contributed by atoms with van der Waals surface area (Å²) in [5, 5.41) is 0. The van der Waals surface area contributed by atoms with Crippen LogP contribution in [0.25, 0.3) is 0 Å². The van der Waals surface area contributed by atoms with Gasteiger partial charge in [-0.05, 0) is 25.7 Å². The molecule has 1 amide bonds. The molecule has 0 spiro atoms. The Bertz CT molecular complexity index is 355. The van der Waals surface area contributed by atoms with Gasteiger partial charge in [-0.2, -0.15) is 0 Å². The van der Waals surface area contributed by atoms with Crippen LogP contribution in [0, 0.1) is 5.41 Å². The Morgan fingerprint density at radius 1 is 1.10 bits per heavy atom. The van der Waals surface area contributed by atoms with Gasteiger partial charge in [0.1, 0.15) is 6.54 Å². The van der Waals surface area contributed by atoms with Crippen LogP contribution in [0.3, 0.4) is 0 Å². The molecule has 20 heavy (non-hydrogen) atoms. The molecule has 0 aliphatic heterocycles. The van der Waals surface area contributed by atoms with E-state index in [1.807, 2.05) is 4.90 Å². The normalized spacial score (nSPS) is 22.5. The quantitative estimate of drug-likeness (QED) is 0.744. The summed E-state index contributed by atoms with van der Waals surface area (Å²) in [5.41, 5.74) is -0.269. The molecule has 2 saturated carbocycles. The number of ether oxygens (including phenoxy) is 1. The predicted octanol–water partition coefficient (Wildman–Crippen LogP) is 2.90. The Kier molecular flexibility index (Phi) is 5.06. The van der Waals surface area contributed by atoms with Crippen LogP contribution in [0.5, 0.6) is 0 Å². The first-order valence-electron chi connectivity index (χ1n) is 7.95. The van der Waals surface area contributed by atoms with Crippen LogP contribution in [0.15, 0.2) is 0 Å². The van der Waals surface area contributed by atoms with Gasteiger partial charge in [-0.3, -0.25) is 9.59 Å². The highest BCUT2D eigenvalue weighted by Gasteiger charge is 2.41. The Morgan fingerprint density at radius 3 is 2.25 bits per heavy atom. The van der Waals surface area contributed by atoms with Gasteiger partial charge in [-0.1, -0.05) is 39.0 Å². The van der Waals surface area contributed by atoms with Crippen molar-refractivity contribution in [1.82, 2.24) is 4.90 Å². The number of carbonyl (C=O) groups excluding carboxylic acids is 2. The fourth-order valence-electron chi connectivity index (χ4n) is 3.68. The minimum Gasteiger partial charge on any atom is -0.468 e. The molecule has 2 aliphatic carbocycles. The lowest BCUT2D eigenvalue weighted by Gasteiger charge is -2.39. The van der Waals surface area contributed by atoms with Crippen LogP contribution in [0.2, 0.25) is 0 Å². The monoisotopic (exact) mass is 281 g/mol. The maximum atomic E-state index is 13.0. The van der Waals surface area contributed by atoms with E-state index in [0.717, 1.165) is 51.4 Å². The molecule has 2 fully saturated rings. The highest BCUT2D eigenvalue weighted by molar-refractivity contribution is 5.86. The van der Waals surface area contributed by atoms with Crippen LogP contribution in [0.1, 0.15) is 64.7 Å². The van der Waals surface area contributed by atoms with Crippen molar-refractivity contribution in [2.45, 2.75) is 70.8 Å². The lowest BCUT2D eigenvalue weighted by molar-refractivity contribution is -0.154. The number of rotatable bonds is 4. The van der Waals surface area contributed by atoms with E-state index in [1.54, 1.807) is 0 Å². The summed E-state index contributed by atoms with van der Waals surface area (Å²) in [7, 11) is 1.39. The maximum absolute atomic E-state index is 13.0. The molecule has 0 aromatic heterocycles. The van der Waals surface area contributed by atoms with E-state index in [4.69, 9.17) is 4.74 Å². The van der Waals surface area contributed by atoms with Crippen molar-refractivity contribution >= 4 is 11.9 Å². The van der Waals surface area contributed by atoms with E-state index >= 15 is 0 Å². The highest BCUT2D eigenvalue weighted by Crippen LogP contribution is 2.39. The third kappa shape index (κ3) is 3.33. The van der Waals surface area contributed by atoms with Crippen LogP contribution < -0.4 is 0 Å². The molecule has 0 aromatic rings. The van der Waals surface area contributed by atoms with Crippen molar-refractivity contribution in [3.05, 3.63) is 0 Å². The van der Waals surface area contributed by atoms with E-state index in [2.05, 4.69) is 6.92 Å². The fourth-order valence-corrected chi connectivity index (χ4v) is 3.68. The van der Waals surface area contributed by atoms with Crippen molar-refractivity contribution < 1.29 is 14.3 Å². The van der Waals surface area contributed by atoms with Gasteiger partial charge in [0.05, 0.1) is 7.11 Å². The van der Waals surface area contributed by atoms with Gasteiger partial charge < -0.3 is 9.64 Å². The zero-order chi connectivity index (χ0) is 14.6. The van der Waals surface area contributed by atoms with Crippen LogP contribution in [-0.2, 0) is 14.3 Å². The average molecular weight is 281 g/mol. The fraction of sp³-hybridized carbons (Fsp3) is 0.875. The first-order valence-corrected chi connectivity index (χ1v) is 7.95. The highest BCUT2D eigenvalue weighted by atomic mass is 16.5. The van der Waals surface area contributed by atoms with Crippen molar-refractivity contribution in [2.24, 2.45) is 5.41 Å². The zero-order valence-electron chi connectivity index (χ0n) is 12.8. The summed E-state index contributed by atoms with van der Waals surface area (Å²) in [6, 6.07) is 0.236. The van der Waals surface area contributed by atoms with Gasteiger partial charge in [-0.25, -0.2) is 0 Å². The number of esters is 1. The summed E-state index contributed by atoms with van der Waals surface area (Å²) in [6.07, 6.45) is 9.75.